The molecule has 27 heavy (non-hydrogen) atoms. The summed E-state index contributed by atoms with van der Waals surface area (Å²) in [6.07, 6.45) is 1.24. The molecule has 6 nitrogen and oxygen atoms in total. The van der Waals surface area contributed by atoms with Gasteiger partial charge in [0.25, 0.3) is 5.91 Å². The molecule has 0 atom stereocenters. The number of carbonyl (C=O) groups excluding carboxylic acids is 2. The quantitative estimate of drug-likeness (QED) is 0.574. The van der Waals surface area contributed by atoms with E-state index in [0.717, 1.165) is 11.8 Å². The van der Waals surface area contributed by atoms with Crippen molar-refractivity contribution in [1.82, 2.24) is 5.32 Å². The average Bonchev–Trinajstić information content (AvgIpc) is 3.06. The zero-order chi connectivity index (χ0) is 19.2. The van der Waals surface area contributed by atoms with Crippen LogP contribution in [0.1, 0.15) is 30.3 Å². The Morgan fingerprint density at radius 1 is 1.00 bits per heavy atom. The zero-order valence-corrected chi connectivity index (χ0v) is 15.6. The van der Waals surface area contributed by atoms with Gasteiger partial charge >= 0.3 is 0 Å². The van der Waals surface area contributed by atoms with Crippen LogP contribution in [0.5, 0.6) is 0 Å². The number of rotatable bonds is 5. The van der Waals surface area contributed by atoms with Crippen LogP contribution in [-0.2, 0) is 4.79 Å². The molecule has 1 aromatic heterocycles. The molecule has 2 amide bonds. The molecule has 0 unspecified atom stereocenters. The number of hydrogen-bond donors (Lipinski definition) is 3. The van der Waals surface area contributed by atoms with Crippen LogP contribution in [0, 0.1) is 0 Å². The number of nitrogens with one attached hydrogen (secondary N) is 3. The van der Waals surface area contributed by atoms with Crippen LogP contribution in [0.3, 0.4) is 0 Å². The van der Waals surface area contributed by atoms with Crippen molar-refractivity contribution < 1.29 is 14.0 Å². The van der Waals surface area contributed by atoms with Gasteiger partial charge in [-0.1, -0.05) is 31.2 Å². The third kappa shape index (κ3) is 4.92. The number of anilines is 2. The van der Waals surface area contributed by atoms with E-state index in [9.17, 15) is 9.59 Å². The zero-order valence-electron chi connectivity index (χ0n) is 14.7. The first-order valence-corrected chi connectivity index (χ1v) is 8.97. The number of thiocarbonyl (C=S) groups is 1. The van der Waals surface area contributed by atoms with Crippen molar-refractivity contribution in [3.63, 3.8) is 0 Å². The predicted molar refractivity (Wildman–Crippen MR) is 110 cm³/mol. The maximum absolute atomic E-state index is 12.3. The van der Waals surface area contributed by atoms with Crippen LogP contribution in [0.2, 0.25) is 0 Å². The van der Waals surface area contributed by atoms with Gasteiger partial charge in [0, 0.05) is 23.2 Å². The molecule has 0 radical (unpaired) electrons. The van der Waals surface area contributed by atoms with E-state index in [1.165, 1.54) is 0 Å². The maximum Gasteiger partial charge on any atom is 0.293 e. The fourth-order valence-corrected chi connectivity index (χ4v) is 2.76. The summed E-state index contributed by atoms with van der Waals surface area (Å²) in [6.45, 7) is 1.95. The minimum Gasteiger partial charge on any atom is -0.451 e. The molecule has 0 aliphatic carbocycles. The van der Waals surface area contributed by atoms with Crippen LogP contribution in [0.4, 0.5) is 11.4 Å². The molecule has 0 spiro atoms. The van der Waals surface area contributed by atoms with E-state index in [4.69, 9.17) is 16.6 Å². The Kier molecular flexibility index (Phi) is 5.83. The highest BCUT2D eigenvalue weighted by atomic mass is 32.1. The Labute approximate surface area is 161 Å². The van der Waals surface area contributed by atoms with E-state index in [-0.39, 0.29) is 16.8 Å². The molecule has 2 aromatic carbocycles. The van der Waals surface area contributed by atoms with Gasteiger partial charge < -0.3 is 15.1 Å². The monoisotopic (exact) mass is 381 g/mol. The molecule has 0 aliphatic heterocycles. The SMILES string of the molecule is CCCC(=O)Nc1cccc(NC(=S)NC(=O)c2cc3ccccc3o2)c1. The van der Waals surface area contributed by atoms with Crippen molar-refractivity contribution in [2.75, 3.05) is 10.6 Å². The molecule has 0 saturated heterocycles. The maximum atomic E-state index is 12.3. The van der Waals surface area contributed by atoms with Gasteiger partial charge in [0.2, 0.25) is 5.91 Å². The minimum atomic E-state index is -0.434. The lowest BCUT2D eigenvalue weighted by atomic mass is 10.2. The van der Waals surface area contributed by atoms with Crippen molar-refractivity contribution in [2.24, 2.45) is 0 Å². The Morgan fingerprint density at radius 3 is 2.48 bits per heavy atom. The number of carbonyl (C=O) groups is 2. The smallest absolute Gasteiger partial charge is 0.293 e. The van der Waals surface area contributed by atoms with Crippen LogP contribution < -0.4 is 16.0 Å². The van der Waals surface area contributed by atoms with E-state index in [1.54, 1.807) is 36.4 Å². The van der Waals surface area contributed by atoms with Crippen LogP contribution >= 0.6 is 12.2 Å². The Morgan fingerprint density at radius 2 is 1.74 bits per heavy atom. The third-order valence-electron chi connectivity index (χ3n) is 3.76. The van der Waals surface area contributed by atoms with E-state index in [1.807, 2.05) is 25.1 Å². The average molecular weight is 381 g/mol. The molecule has 7 heteroatoms. The first-order chi connectivity index (χ1) is 13.0. The van der Waals surface area contributed by atoms with Gasteiger partial charge in [0.05, 0.1) is 0 Å². The summed E-state index contributed by atoms with van der Waals surface area (Å²) in [6, 6.07) is 16.1. The number of amides is 2. The molecule has 0 saturated carbocycles. The molecule has 3 rings (SSSR count). The highest BCUT2D eigenvalue weighted by molar-refractivity contribution is 7.80. The fourth-order valence-electron chi connectivity index (χ4n) is 2.55. The van der Waals surface area contributed by atoms with Gasteiger partial charge in [-0.3, -0.25) is 14.9 Å². The van der Waals surface area contributed by atoms with E-state index in [0.29, 0.717) is 23.4 Å². The lowest BCUT2D eigenvalue weighted by molar-refractivity contribution is -0.116. The van der Waals surface area contributed by atoms with Crippen LogP contribution in [0.25, 0.3) is 11.0 Å². The number of furan rings is 1. The van der Waals surface area contributed by atoms with Crippen molar-refractivity contribution >= 4 is 51.5 Å². The second-order valence-corrected chi connectivity index (χ2v) is 6.34. The molecular formula is C20H19N3O3S. The van der Waals surface area contributed by atoms with Gasteiger partial charge in [0.1, 0.15) is 5.58 Å². The predicted octanol–water partition coefficient (Wildman–Crippen LogP) is 4.30. The largest absolute Gasteiger partial charge is 0.451 e. The number of hydrogen-bond acceptors (Lipinski definition) is 4. The fraction of sp³-hybridized carbons (Fsp3) is 0.150. The molecule has 3 aromatic rings. The number of benzene rings is 2. The van der Waals surface area contributed by atoms with Crippen LogP contribution in [0.15, 0.2) is 59.0 Å². The third-order valence-corrected chi connectivity index (χ3v) is 3.96. The normalized spacial score (nSPS) is 10.4. The van der Waals surface area contributed by atoms with E-state index < -0.39 is 5.91 Å². The molecule has 3 N–H and O–H groups in total. The highest BCUT2D eigenvalue weighted by Gasteiger charge is 2.13. The van der Waals surface area contributed by atoms with E-state index in [2.05, 4.69) is 16.0 Å². The van der Waals surface area contributed by atoms with E-state index >= 15 is 0 Å². The lowest BCUT2D eigenvalue weighted by Crippen LogP contribution is -2.33. The van der Waals surface area contributed by atoms with Crippen LogP contribution in [-0.4, -0.2) is 16.9 Å². The summed E-state index contributed by atoms with van der Waals surface area (Å²) in [5.41, 5.74) is 1.95. The summed E-state index contributed by atoms with van der Waals surface area (Å²) in [7, 11) is 0. The summed E-state index contributed by atoms with van der Waals surface area (Å²) in [5.74, 6) is -0.299. The summed E-state index contributed by atoms with van der Waals surface area (Å²) >= 11 is 5.19. The minimum absolute atomic E-state index is 0.0459. The lowest BCUT2D eigenvalue weighted by Gasteiger charge is -2.10. The van der Waals surface area contributed by atoms with Gasteiger partial charge in [-0.2, -0.15) is 0 Å². The summed E-state index contributed by atoms with van der Waals surface area (Å²) in [4.78, 5) is 24.0. The molecule has 1 heterocycles. The first kappa shape index (κ1) is 18.6. The molecule has 0 fully saturated rings. The Bertz CT molecular complexity index is 964. The Balaban J connectivity index is 1.61. The Hall–Kier alpha value is -3.19. The second kappa shape index (κ2) is 8.46. The summed E-state index contributed by atoms with van der Waals surface area (Å²) < 4.78 is 5.52. The number of para-hydroxylation sites is 1. The summed E-state index contributed by atoms with van der Waals surface area (Å²) in [5, 5.41) is 9.31. The number of fused-ring (bicyclic) bond motifs is 1. The van der Waals surface area contributed by atoms with Crippen molar-refractivity contribution in [3.8, 4) is 0 Å². The first-order valence-electron chi connectivity index (χ1n) is 8.56. The molecule has 138 valence electrons. The van der Waals surface area contributed by atoms with Gasteiger partial charge in [-0.05, 0) is 49.0 Å². The highest BCUT2D eigenvalue weighted by Crippen LogP contribution is 2.19. The standard InChI is InChI=1S/C20H19N3O3S/c1-2-6-18(24)21-14-8-5-9-15(12-14)22-20(27)23-19(25)17-11-13-7-3-4-10-16(13)26-17/h3-5,7-12H,2,6H2,1H3,(H,21,24)(H2,22,23,25,27). The van der Waals surface area contributed by atoms with Crippen molar-refractivity contribution in [3.05, 3.63) is 60.4 Å². The second-order valence-electron chi connectivity index (χ2n) is 5.94. The van der Waals surface area contributed by atoms with Gasteiger partial charge in [0.15, 0.2) is 10.9 Å². The van der Waals surface area contributed by atoms with Gasteiger partial charge in [-0.15, -0.1) is 0 Å². The topological polar surface area (TPSA) is 83.4 Å². The van der Waals surface area contributed by atoms with Crippen molar-refractivity contribution in [1.29, 1.82) is 0 Å². The molecule has 0 bridgehead atoms. The molecule has 0 aliphatic rings. The molecular weight excluding hydrogens is 362 g/mol. The van der Waals surface area contributed by atoms with Gasteiger partial charge in [-0.25, -0.2) is 0 Å². The van der Waals surface area contributed by atoms with Crippen molar-refractivity contribution in [2.45, 2.75) is 19.8 Å².